The first-order valence-electron chi connectivity index (χ1n) is 17.4. The summed E-state index contributed by atoms with van der Waals surface area (Å²) in [7, 11) is 0. The number of hydrogen-bond donors (Lipinski definition) is 0. The summed E-state index contributed by atoms with van der Waals surface area (Å²) in [5.41, 5.74) is 9.21. The van der Waals surface area contributed by atoms with E-state index in [0.717, 1.165) is 33.5 Å². The standard InChI is InChI=1S/C46H30F2N4/c47-32-12-8-10-30(26-32)40-28-41(31-11-9-13-33(48)27-31)50-46(49-40)29-20-22-35(23-21-29)52-43-19-7-5-17-37(43)39-25-24-38-36-16-4-6-18-42(36)51(44(38)45(39)52)34-14-2-1-3-15-34/h1-20,22-29H,21H2. The van der Waals surface area contributed by atoms with Crippen LogP contribution in [0.1, 0.15) is 18.2 Å². The molecule has 4 nitrogen and oxygen atoms in total. The van der Waals surface area contributed by atoms with E-state index in [1.54, 1.807) is 18.2 Å². The Hall–Kier alpha value is -6.66. The highest BCUT2D eigenvalue weighted by atomic mass is 19.1. The lowest BCUT2D eigenvalue weighted by molar-refractivity contribution is 0.628. The van der Waals surface area contributed by atoms with Crippen LogP contribution >= 0.6 is 0 Å². The molecule has 3 heterocycles. The van der Waals surface area contributed by atoms with E-state index in [1.165, 1.54) is 45.8 Å². The van der Waals surface area contributed by atoms with Crippen molar-refractivity contribution in [3.05, 3.63) is 181 Å². The molecular formula is C46H30F2N4. The van der Waals surface area contributed by atoms with Crippen LogP contribution in [0.15, 0.2) is 164 Å². The predicted octanol–water partition coefficient (Wildman–Crippen LogP) is 11.9. The number of nitrogens with zero attached hydrogens (tertiary/aromatic N) is 4. The van der Waals surface area contributed by atoms with Gasteiger partial charge in [0.05, 0.1) is 33.5 Å². The molecule has 6 heteroatoms. The van der Waals surface area contributed by atoms with Crippen LogP contribution in [-0.4, -0.2) is 19.1 Å². The second-order valence-electron chi connectivity index (χ2n) is 13.2. The summed E-state index contributed by atoms with van der Waals surface area (Å²) in [5, 5.41) is 4.77. The van der Waals surface area contributed by atoms with Crippen LogP contribution in [0.5, 0.6) is 0 Å². The lowest BCUT2D eigenvalue weighted by Crippen LogP contribution is -2.08. The van der Waals surface area contributed by atoms with Gasteiger partial charge in [0.2, 0.25) is 0 Å². The third-order valence-electron chi connectivity index (χ3n) is 10.1. The van der Waals surface area contributed by atoms with E-state index in [2.05, 4.69) is 118 Å². The molecule has 0 spiro atoms. The van der Waals surface area contributed by atoms with E-state index in [9.17, 15) is 8.78 Å². The van der Waals surface area contributed by atoms with Gasteiger partial charge in [-0.2, -0.15) is 0 Å². The maximum atomic E-state index is 14.3. The summed E-state index contributed by atoms with van der Waals surface area (Å²) in [4.78, 5) is 9.90. The molecule has 9 aromatic rings. The normalized spacial score (nSPS) is 14.5. The number of fused-ring (bicyclic) bond motifs is 7. The number of aromatic nitrogens is 4. The van der Waals surface area contributed by atoms with Gasteiger partial charge in [0.25, 0.3) is 0 Å². The van der Waals surface area contributed by atoms with Crippen LogP contribution < -0.4 is 0 Å². The molecule has 0 bridgehead atoms. The van der Waals surface area contributed by atoms with Crippen molar-refractivity contribution in [1.82, 2.24) is 19.1 Å². The van der Waals surface area contributed by atoms with Gasteiger partial charge >= 0.3 is 0 Å². The first-order chi connectivity index (χ1) is 25.6. The molecule has 1 aliphatic carbocycles. The third kappa shape index (κ3) is 4.87. The van der Waals surface area contributed by atoms with Gasteiger partial charge in [0.1, 0.15) is 17.5 Å². The monoisotopic (exact) mass is 676 g/mol. The van der Waals surface area contributed by atoms with Gasteiger partial charge in [-0.25, -0.2) is 18.7 Å². The zero-order valence-corrected chi connectivity index (χ0v) is 27.9. The number of halogens is 2. The van der Waals surface area contributed by atoms with Crippen molar-refractivity contribution in [3.63, 3.8) is 0 Å². The minimum atomic E-state index is -0.346. The molecule has 248 valence electrons. The molecule has 1 atom stereocenters. The molecule has 1 aliphatic rings. The van der Waals surface area contributed by atoms with Gasteiger partial charge in [-0.05, 0) is 67.1 Å². The molecule has 0 radical (unpaired) electrons. The summed E-state index contributed by atoms with van der Waals surface area (Å²) in [6, 6.07) is 46.8. The van der Waals surface area contributed by atoms with E-state index < -0.39 is 0 Å². The van der Waals surface area contributed by atoms with Crippen molar-refractivity contribution in [3.8, 4) is 28.2 Å². The Labute approximate surface area is 298 Å². The second-order valence-corrected chi connectivity index (χ2v) is 13.2. The number of rotatable bonds is 5. The van der Waals surface area contributed by atoms with Crippen molar-refractivity contribution in [1.29, 1.82) is 0 Å². The Bertz CT molecular complexity index is 2850. The Balaban J connectivity index is 1.15. The van der Waals surface area contributed by atoms with Crippen molar-refractivity contribution < 1.29 is 8.78 Å². The summed E-state index contributed by atoms with van der Waals surface area (Å²) in [6.45, 7) is 0. The summed E-state index contributed by atoms with van der Waals surface area (Å²) >= 11 is 0. The molecule has 52 heavy (non-hydrogen) atoms. The highest BCUT2D eigenvalue weighted by Crippen LogP contribution is 2.42. The lowest BCUT2D eigenvalue weighted by Gasteiger charge is -2.19. The number of allylic oxidation sites excluding steroid dienone is 4. The smallest absolute Gasteiger partial charge is 0.136 e. The minimum Gasteiger partial charge on any atom is -0.308 e. The van der Waals surface area contributed by atoms with Crippen LogP contribution in [0.4, 0.5) is 8.78 Å². The Morgan fingerprint density at radius 1 is 0.519 bits per heavy atom. The summed E-state index contributed by atoms with van der Waals surface area (Å²) in [5.74, 6) is -0.238. The fourth-order valence-corrected chi connectivity index (χ4v) is 7.80. The lowest BCUT2D eigenvalue weighted by atomic mass is 9.97. The SMILES string of the molecule is Fc1cccc(-c2cc(-c3cccc(F)c3)nc(C3C=CC(n4c5ccccc5c5ccc6c7ccccc7n(-c7ccccc7)c6c54)=CC3)n2)c1. The van der Waals surface area contributed by atoms with Crippen LogP contribution in [0.2, 0.25) is 0 Å². The largest absolute Gasteiger partial charge is 0.308 e. The Morgan fingerprint density at radius 3 is 1.65 bits per heavy atom. The van der Waals surface area contributed by atoms with E-state index in [4.69, 9.17) is 9.97 Å². The fourth-order valence-electron chi connectivity index (χ4n) is 7.80. The molecule has 6 aromatic carbocycles. The van der Waals surface area contributed by atoms with E-state index in [0.29, 0.717) is 34.8 Å². The molecule has 0 saturated carbocycles. The zero-order valence-electron chi connectivity index (χ0n) is 27.9. The first kappa shape index (κ1) is 30.2. The molecule has 0 aliphatic heterocycles. The maximum Gasteiger partial charge on any atom is 0.136 e. The molecule has 0 fully saturated rings. The van der Waals surface area contributed by atoms with Gasteiger partial charge in [0.15, 0.2) is 0 Å². The predicted molar refractivity (Wildman–Crippen MR) is 207 cm³/mol. The average Bonchev–Trinajstić information content (AvgIpc) is 3.71. The molecule has 3 aromatic heterocycles. The highest BCUT2D eigenvalue weighted by molar-refractivity contribution is 6.24. The quantitative estimate of drug-likeness (QED) is 0.182. The average molecular weight is 677 g/mol. The van der Waals surface area contributed by atoms with Crippen LogP contribution in [0, 0.1) is 11.6 Å². The van der Waals surface area contributed by atoms with Gasteiger partial charge in [0, 0.05) is 50.0 Å². The zero-order chi connectivity index (χ0) is 34.8. The van der Waals surface area contributed by atoms with Gasteiger partial charge in [-0.1, -0.05) is 103 Å². The van der Waals surface area contributed by atoms with Gasteiger partial charge in [-0.15, -0.1) is 0 Å². The Kier molecular flexibility index (Phi) is 6.96. The molecule has 0 amide bonds. The van der Waals surface area contributed by atoms with E-state index in [-0.39, 0.29) is 17.6 Å². The van der Waals surface area contributed by atoms with Gasteiger partial charge in [-0.3, -0.25) is 0 Å². The van der Waals surface area contributed by atoms with E-state index >= 15 is 0 Å². The van der Waals surface area contributed by atoms with Crippen molar-refractivity contribution in [2.45, 2.75) is 12.3 Å². The number of benzene rings is 6. The summed E-state index contributed by atoms with van der Waals surface area (Å²) in [6.07, 6.45) is 7.22. The molecule has 0 N–H and O–H groups in total. The highest BCUT2D eigenvalue weighted by Gasteiger charge is 2.24. The first-order valence-corrected chi connectivity index (χ1v) is 17.4. The van der Waals surface area contributed by atoms with Crippen LogP contribution in [-0.2, 0) is 0 Å². The molecule has 0 saturated heterocycles. The van der Waals surface area contributed by atoms with Crippen molar-refractivity contribution >= 4 is 49.3 Å². The Morgan fingerprint density at radius 2 is 1.08 bits per heavy atom. The topological polar surface area (TPSA) is 35.6 Å². The third-order valence-corrected chi connectivity index (χ3v) is 10.1. The second kappa shape index (κ2) is 12.0. The fraction of sp³-hybridized carbons (Fsp3) is 0.0435. The van der Waals surface area contributed by atoms with Crippen LogP contribution in [0.3, 0.4) is 0 Å². The van der Waals surface area contributed by atoms with Crippen molar-refractivity contribution in [2.24, 2.45) is 0 Å². The number of hydrogen-bond acceptors (Lipinski definition) is 2. The van der Waals surface area contributed by atoms with Crippen molar-refractivity contribution in [2.75, 3.05) is 0 Å². The minimum absolute atomic E-state index is 0.145. The number of para-hydroxylation sites is 3. The molecular weight excluding hydrogens is 647 g/mol. The molecule has 10 rings (SSSR count). The maximum absolute atomic E-state index is 14.3. The molecule has 1 unspecified atom stereocenters. The summed E-state index contributed by atoms with van der Waals surface area (Å²) < 4.78 is 33.5. The van der Waals surface area contributed by atoms with Crippen LogP contribution in [0.25, 0.3) is 77.5 Å². The van der Waals surface area contributed by atoms with Gasteiger partial charge < -0.3 is 9.13 Å². The van der Waals surface area contributed by atoms with E-state index in [1.807, 2.05) is 12.1 Å².